The highest BCUT2D eigenvalue weighted by Crippen LogP contribution is 2.30. The number of fused-ring (bicyclic) bond motifs is 1. The van der Waals surface area contributed by atoms with Crippen LogP contribution in [-0.2, 0) is 0 Å². The summed E-state index contributed by atoms with van der Waals surface area (Å²) in [5.74, 6) is 2.10. The fourth-order valence-corrected chi connectivity index (χ4v) is 3.23. The predicted octanol–water partition coefficient (Wildman–Crippen LogP) is 2.59. The normalized spacial score (nSPS) is 21.7. The van der Waals surface area contributed by atoms with Crippen LogP contribution < -0.4 is 14.8 Å². The molecule has 0 saturated carbocycles. The van der Waals surface area contributed by atoms with Gasteiger partial charge in [0.1, 0.15) is 18.8 Å². The molecule has 0 aliphatic carbocycles. The van der Waals surface area contributed by atoms with Gasteiger partial charge in [0.05, 0.1) is 6.54 Å². The topological polar surface area (TPSA) is 49.3 Å². The van der Waals surface area contributed by atoms with Gasteiger partial charge in [0.2, 0.25) is 0 Å². The lowest BCUT2D eigenvalue weighted by atomic mass is 10.2. The van der Waals surface area contributed by atoms with Crippen LogP contribution in [0.25, 0.3) is 0 Å². The average Bonchev–Trinajstić information content (AvgIpc) is 2.67. The fraction of sp³-hybridized carbons (Fsp3) is 0.611. The van der Waals surface area contributed by atoms with Gasteiger partial charge in [0.15, 0.2) is 17.5 Å². The van der Waals surface area contributed by atoms with Crippen molar-refractivity contribution in [2.24, 2.45) is 4.99 Å². The largest absolute Gasteiger partial charge is 0.486 e. The van der Waals surface area contributed by atoms with Crippen LogP contribution in [0.5, 0.6) is 11.5 Å². The van der Waals surface area contributed by atoms with Gasteiger partial charge < -0.3 is 19.7 Å². The number of piperazine rings is 1. The third-order valence-electron chi connectivity index (χ3n) is 4.90. The van der Waals surface area contributed by atoms with E-state index in [0.29, 0.717) is 51.0 Å². The highest BCUT2D eigenvalue weighted by Gasteiger charge is 2.41. The standard InChI is InChI=1S/C18H25F3N4O2.HI/c1-13(18(19,20)21)24-7-9-25(10-8-24)17(22-2)23-11-14-12-26-15-5-3-4-6-16(15)27-14;/h3-6,13-14H,7-12H2,1-2H3,(H,22,23);1H. The van der Waals surface area contributed by atoms with Gasteiger partial charge in [-0.15, -0.1) is 24.0 Å². The van der Waals surface area contributed by atoms with E-state index >= 15 is 0 Å². The summed E-state index contributed by atoms with van der Waals surface area (Å²) in [6.45, 7) is 3.81. The van der Waals surface area contributed by atoms with Gasteiger partial charge in [-0.05, 0) is 19.1 Å². The quantitative estimate of drug-likeness (QED) is 0.382. The van der Waals surface area contributed by atoms with E-state index in [1.807, 2.05) is 29.2 Å². The second kappa shape index (κ2) is 9.86. The number of nitrogens with one attached hydrogen (secondary N) is 1. The molecule has 2 atom stereocenters. The molecule has 1 fully saturated rings. The Morgan fingerprint density at radius 2 is 1.86 bits per heavy atom. The summed E-state index contributed by atoms with van der Waals surface area (Å²) in [4.78, 5) is 7.68. The van der Waals surface area contributed by atoms with Crippen LogP contribution in [0.1, 0.15) is 6.92 Å². The van der Waals surface area contributed by atoms with Crippen molar-refractivity contribution in [2.75, 3.05) is 46.4 Å². The molecule has 10 heteroatoms. The second-order valence-electron chi connectivity index (χ2n) is 6.67. The Balaban J connectivity index is 0.00000280. The Labute approximate surface area is 180 Å². The van der Waals surface area contributed by atoms with Gasteiger partial charge in [-0.1, -0.05) is 12.1 Å². The molecule has 0 aromatic heterocycles. The molecule has 0 radical (unpaired) electrons. The third-order valence-corrected chi connectivity index (χ3v) is 4.90. The van der Waals surface area contributed by atoms with Crippen LogP contribution in [0.3, 0.4) is 0 Å². The average molecular weight is 514 g/mol. The minimum Gasteiger partial charge on any atom is -0.486 e. The van der Waals surface area contributed by atoms with Crippen LogP contribution in [0.15, 0.2) is 29.3 Å². The van der Waals surface area contributed by atoms with Gasteiger partial charge in [-0.25, -0.2) is 0 Å². The number of halogens is 4. The van der Waals surface area contributed by atoms with Crippen molar-refractivity contribution < 1.29 is 22.6 Å². The maximum atomic E-state index is 12.9. The van der Waals surface area contributed by atoms with Crippen LogP contribution in [0.2, 0.25) is 0 Å². The third kappa shape index (κ3) is 5.56. The molecule has 0 amide bonds. The second-order valence-corrected chi connectivity index (χ2v) is 6.67. The molecule has 2 unspecified atom stereocenters. The van der Waals surface area contributed by atoms with Gasteiger partial charge in [0.25, 0.3) is 0 Å². The van der Waals surface area contributed by atoms with E-state index in [0.717, 1.165) is 5.75 Å². The minimum absolute atomic E-state index is 0. The molecule has 0 spiro atoms. The highest BCUT2D eigenvalue weighted by molar-refractivity contribution is 14.0. The number of benzene rings is 1. The van der Waals surface area contributed by atoms with Crippen molar-refractivity contribution in [3.63, 3.8) is 0 Å². The zero-order chi connectivity index (χ0) is 19.4. The zero-order valence-electron chi connectivity index (χ0n) is 15.9. The van der Waals surface area contributed by atoms with Crippen molar-refractivity contribution in [3.8, 4) is 11.5 Å². The molecule has 1 aromatic rings. The first-order valence-corrected chi connectivity index (χ1v) is 9.03. The highest BCUT2D eigenvalue weighted by atomic mass is 127. The van der Waals surface area contributed by atoms with Crippen LogP contribution in [0, 0.1) is 0 Å². The molecule has 1 N–H and O–H groups in total. The number of alkyl halides is 3. The molecule has 1 saturated heterocycles. The molecule has 1 aromatic carbocycles. The molecule has 158 valence electrons. The minimum atomic E-state index is -4.20. The lowest BCUT2D eigenvalue weighted by Gasteiger charge is -2.40. The number of guanidine groups is 1. The molecule has 28 heavy (non-hydrogen) atoms. The molecular formula is C18H26F3IN4O2. The van der Waals surface area contributed by atoms with E-state index in [4.69, 9.17) is 9.47 Å². The van der Waals surface area contributed by atoms with E-state index in [1.54, 1.807) is 7.05 Å². The Bertz CT molecular complexity index is 666. The first-order valence-electron chi connectivity index (χ1n) is 9.03. The Hall–Kier alpha value is -1.43. The Morgan fingerprint density at radius 3 is 2.46 bits per heavy atom. The number of para-hydroxylation sites is 2. The number of rotatable bonds is 3. The molecule has 2 aliphatic rings. The number of hydrogen-bond donors (Lipinski definition) is 1. The van der Waals surface area contributed by atoms with E-state index in [-0.39, 0.29) is 30.1 Å². The molecular weight excluding hydrogens is 488 g/mol. The summed E-state index contributed by atoms with van der Waals surface area (Å²) >= 11 is 0. The smallest absolute Gasteiger partial charge is 0.403 e. The Morgan fingerprint density at radius 1 is 1.21 bits per heavy atom. The zero-order valence-corrected chi connectivity index (χ0v) is 18.2. The van der Waals surface area contributed by atoms with Gasteiger partial charge in [-0.3, -0.25) is 9.89 Å². The molecule has 0 bridgehead atoms. The molecule has 2 heterocycles. The SMILES string of the molecule is CN=C(NCC1COc2ccccc2O1)N1CCN(C(C)C(F)(F)F)CC1.I. The summed E-state index contributed by atoms with van der Waals surface area (Å²) in [7, 11) is 1.67. The lowest BCUT2D eigenvalue weighted by Crippen LogP contribution is -2.57. The summed E-state index contributed by atoms with van der Waals surface area (Å²) in [6.07, 6.45) is -4.36. The van der Waals surface area contributed by atoms with Gasteiger partial charge >= 0.3 is 6.18 Å². The lowest BCUT2D eigenvalue weighted by molar-refractivity contribution is -0.181. The van der Waals surface area contributed by atoms with Crippen molar-refractivity contribution in [3.05, 3.63) is 24.3 Å². The fourth-order valence-electron chi connectivity index (χ4n) is 3.23. The van der Waals surface area contributed by atoms with E-state index < -0.39 is 12.2 Å². The summed E-state index contributed by atoms with van der Waals surface area (Å²) in [5, 5.41) is 3.24. The monoisotopic (exact) mass is 514 g/mol. The first kappa shape index (κ1) is 22.9. The van der Waals surface area contributed by atoms with Gasteiger partial charge in [-0.2, -0.15) is 13.2 Å². The predicted molar refractivity (Wildman–Crippen MR) is 112 cm³/mol. The number of aliphatic imine (C=N–C) groups is 1. The maximum absolute atomic E-state index is 12.9. The summed E-state index contributed by atoms with van der Waals surface area (Å²) in [5.41, 5.74) is 0. The number of hydrogen-bond acceptors (Lipinski definition) is 4. The van der Waals surface area contributed by atoms with Crippen molar-refractivity contribution >= 4 is 29.9 Å². The van der Waals surface area contributed by atoms with Crippen LogP contribution >= 0.6 is 24.0 Å². The van der Waals surface area contributed by atoms with Crippen LogP contribution in [-0.4, -0.2) is 80.5 Å². The van der Waals surface area contributed by atoms with Crippen molar-refractivity contribution in [2.45, 2.75) is 25.2 Å². The summed E-state index contributed by atoms with van der Waals surface area (Å²) < 4.78 is 50.2. The van der Waals surface area contributed by atoms with Crippen molar-refractivity contribution in [1.29, 1.82) is 0 Å². The van der Waals surface area contributed by atoms with E-state index in [2.05, 4.69) is 10.3 Å². The maximum Gasteiger partial charge on any atom is 0.403 e. The van der Waals surface area contributed by atoms with Gasteiger partial charge in [0, 0.05) is 33.2 Å². The Kier molecular flexibility index (Phi) is 8.05. The number of nitrogens with zero attached hydrogens (tertiary/aromatic N) is 3. The number of ether oxygens (including phenoxy) is 2. The first-order chi connectivity index (χ1) is 12.9. The summed E-state index contributed by atoms with van der Waals surface area (Å²) in [6, 6.07) is 6.07. The molecule has 3 rings (SSSR count). The van der Waals surface area contributed by atoms with Crippen LogP contribution in [0.4, 0.5) is 13.2 Å². The molecule has 2 aliphatic heterocycles. The van der Waals surface area contributed by atoms with E-state index in [1.165, 1.54) is 11.8 Å². The van der Waals surface area contributed by atoms with Crippen molar-refractivity contribution in [1.82, 2.24) is 15.1 Å². The van der Waals surface area contributed by atoms with E-state index in [9.17, 15) is 13.2 Å². The molecule has 6 nitrogen and oxygen atoms in total.